The van der Waals surface area contributed by atoms with E-state index in [1.165, 1.54) is 0 Å². The van der Waals surface area contributed by atoms with Gasteiger partial charge in [0.1, 0.15) is 18.3 Å². The van der Waals surface area contributed by atoms with Crippen LogP contribution in [-0.2, 0) is 18.0 Å². The van der Waals surface area contributed by atoms with Gasteiger partial charge in [0.15, 0.2) is 31.2 Å². The summed E-state index contributed by atoms with van der Waals surface area (Å²) in [7, 11) is -5.23. The van der Waals surface area contributed by atoms with E-state index in [0.717, 1.165) is 0 Å². The summed E-state index contributed by atoms with van der Waals surface area (Å²) in [5.74, 6) is 0. The molecule has 5 nitrogen and oxygen atoms in total. The highest BCUT2D eigenvalue weighted by Crippen LogP contribution is 2.30. The molecule has 0 amide bonds. The van der Waals surface area contributed by atoms with Crippen molar-refractivity contribution in [2.75, 3.05) is 6.61 Å². The third kappa shape index (κ3) is 7.35. The minimum absolute atomic E-state index is 0.259. The zero-order valence-electron chi connectivity index (χ0n) is 15.6. The standard InChI is InChI=1S/C14H34O5Si3/c1-20(2,3)16-10-11-12(18-21(4,5)6)13(14(15)17-11)19-22(7,8)9/h11-15H,10H2,1-9H3/t11-,12+,13+,14?/m1/s1. The molecule has 0 aliphatic carbocycles. The maximum atomic E-state index is 10.3. The fourth-order valence-electron chi connectivity index (χ4n) is 2.26. The molecule has 0 aromatic carbocycles. The minimum atomic E-state index is -1.81. The molecule has 4 atom stereocenters. The van der Waals surface area contributed by atoms with E-state index < -0.39 is 37.3 Å². The lowest BCUT2D eigenvalue weighted by molar-refractivity contribution is -0.128. The van der Waals surface area contributed by atoms with Gasteiger partial charge in [0.05, 0.1) is 6.61 Å². The predicted molar refractivity (Wildman–Crippen MR) is 96.6 cm³/mol. The Balaban J connectivity index is 2.87. The molecule has 0 spiro atoms. The summed E-state index contributed by atoms with van der Waals surface area (Å²) in [6, 6.07) is 0. The van der Waals surface area contributed by atoms with Crippen molar-refractivity contribution in [2.24, 2.45) is 0 Å². The van der Waals surface area contributed by atoms with Crippen molar-refractivity contribution in [3.63, 3.8) is 0 Å². The number of hydrogen-bond acceptors (Lipinski definition) is 5. The van der Waals surface area contributed by atoms with Gasteiger partial charge in [-0.25, -0.2) is 0 Å². The van der Waals surface area contributed by atoms with E-state index in [2.05, 4.69) is 58.9 Å². The van der Waals surface area contributed by atoms with Gasteiger partial charge >= 0.3 is 0 Å². The summed E-state index contributed by atoms with van der Waals surface area (Å²) >= 11 is 0. The van der Waals surface area contributed by atoms with Gasteiger partial charge in [-0.2, -0.15) is 0 Å². The second-order valence-electron chi connectivity index (χ2n) is 8.88. The van der Waals surface area contributed by atoms with E-state index in [4.69, 9.17) is 18.0 Å². The summed E-state index contributed by atoms with van der Waals surface area (Å²) < 4.78 is 24.1. The highest BCUT2D eigenvalue weighted by molar-refractivity contribution is 6.70. The lowest BCUT2D eigenvalue weighted by Crippen LogP contribution is -2.49. The fourth-order valence-corrected chi connectivity index (χ4v) is 5.09. The molecule has 0 saturated carbocycles. The smallest absolute Gasteiger partial charge is 0.184 e. The number of hydrogen-bond donors (Lipinski definition) is 1. The van der Waals surface area contributed by atoms with E-state index in [1.807, 2.05) is 0 Å². The Labute approximate surface area is 138 Å². The second kappa shape index (κ2) is 7.14. The van der Waals surface area contributed by atoms with Gasteiger partial charge in [-0.3, -0.25) is 0 Å². The molecule has 8 heteroatoms. The molecular formula is C14H34O5Si3. The maximum absolute atomic E-state index is 10.3. The largest absolute Gasteiger partial charge is 0.415 e. The molecule has 1 aliphatic rings. The quantitative estimate of drug-likeness (QED) is 0.702. The van der Waals surface area contributed by atoms with Crippen LogP contribution in [0.15, 0.2) is 0 Å². The molecule has 1 rings (SSSR count). The molecule has 22 heavy (non-hydrogen) atoms. The number of ether oxygens (including phenoxy) is 1. The summed E-state index contributed by atoms with van der Waals surface area (Å²) in [5, 5.41) is 10.3. The predicted octanol–water partition coefficient (Wildman–Crippen LogP) is 3.00. The van der Waals surface area contributed by atoms with Crippen LogP contribution in [0, 0.1) is 0 Å². The van der Waals surface area contributed by atoms with Gasteiger partial charge in [0, 0.05) is 0 Å². The fraction of sp³-hybridized carbons (Fsp3) is 1.00. The molecule has 0 bridgehead atoms. The zero-order valence-corrected chi connectivity index (χ0v) is 18.6. The Hall–Kier alpha value is 0.451. The van der Waals surface area contributed by atoms with Crippen molar-refractivity contribution < 1.29 is 23.1 Å². The van der Waals surface area contributed by atoms with E-state index in [1.54, 1.807) is 0 Å². The SMILES string of the molecule is C[Si](C)(C)OC[C@H]1OC(O)[C@@H](O[Si](C)(C)C)[C@H]1O[Si](C)(C)C. The Bertz CT molecular complexity index is 359. The molecule has 1 heterocycles. The third-order valence-electron chi connectivity index (χ3n) is 2.95. The molecule has 1 fully saturated rings. The van der Waals surface area contributed by atoms with Crippen LogP contribution in [0.25, 0.3) is 0 Å². The van der Waals surface area contributed by atoms with Gasteiger partial charge in [-0.1, -0.05) is 0 Å². The first-order valence-electron chi connectivity index (χ1n) is 8.01. The highest BCUT2D eigenvalue weighted by atomic mass is 28.4. The molecular weight excluding hydrogens is 332 g/mol. The molecule has 1 aliphatic heterocycles. The molecule has 132 valence electrons. The Morgan fingerprint density at radius 1 is 0.773 bits per heavy atom. The van der Waals surface area contributed by atoms with Gasteiger partial charge in [0.25, 0.3) is 0 Å². The Kier molecular flexibility index (Phi) is 6.65. The van der Waals surface area contributed by atoms with Crippen molar-refractivity contribution in [3.05, 3.63) is 0 Å². The average Bonchev–Trinajstić information content (AvgIpc) is 2.49. The van der Waals surface area contributed by atoms with Crippen LogP contribution >= 0.6 is 0 Å². The van der Waals surface area contributed by atoms with E-state index in [9.17, 15) is 5.11 Å². The summed E-state index contributed by atoms with van der Waals surface area (Å²) in [4.78, 5) is 0. The van der Waals surface area contributed by atoms with Crippen molar-refractivity contribution in [1.82, 2.24) is 0 Å². The molecule has 1 N–H and O–H groups in total. The van der Waals surface area contributed by atoms with Gasteiger partial charge in [0.2, 0.25) is 0 Å². The van der Waals surface area contributed by atoms with Crippen molar-refractivity contribution in [3.8, 4) is 0 Å². The molecule has 0 radical (unpaired) electrons. The van der Waals surface area contributed by atoms with Crippen LogP contribution in [-0.4, -0.2) is 61.3 Å². The van der Waals surface area contributed by atoms with Gasteiger partial charge in [-0.15, -0.1) is 0 Å². The maximum Gasteiger partial charge on any atom is 0.184 e. The van der Waals surface area contributed by atoms with Crippen LogP contribution < -0.4 is 0 Å². The van der Waals surface area contributed by atoms with Gasteiger partial charge in [-0.05, 0) is 58.9 Å². The molecule has 0 aromatic heterocycles. The summed E-state index contributed by atoms with van der Waals surface area (Å²) in [6.07, 6.45) is -1.89. The first kappa shape index (κ1) is 20.5. The summed E-state index contributed by atoms with van der Waals surface area (Å²) in [6.45, 7) is 19.6. The van der Waals surface area contributed by atoms with Crippen molar-refractivity contribution in [1.29, 1.82) is 0 Å². The lowest BCUT2D eigenvalue weighted by atomic mass is 10.1. The van der Waals surface area contributed by atoms with Crippen LogP contribution in [0.1, 0.15) is 0 Å². The average molecular weight is 367 g/mol. The first-order valence-corrected chi connectivity index (χ1v) is 18.2. The number of aliphatic hydroxyl groups excluding tert-OH is 1. The lowest BCUT2D eigenvalue weighted by Gasteiger charge is -2.33. The zero-order chi connectivity index (χ0) is 17.3. The first-order chi connectivity index (χ1) is 9.68. The van der Waals surface area contributed by atoms with Gasteiger partial charge < -0.3 is 23.1 Å². The van der Waals surface area contributed by atoms with Crippen molar-refractivity contribution >= 4 is 25.0 Å². The molecule has 1 unspecified atom stereocenters. The van der Waals surface area contributed by atoms with Crippen molar-refractivity contribution in [2.45, 2.75) is 83.5 Å². The molecule has 1 saturated heterocycles. The Morgan fingerprint density at radius 2 is 1.23 bits per heavy atom. The third-order valence-corrected chi connectivity index (χ3v) is 5.94. The van der Waals surface area contributed by atoms with Crippen LogP contribution in [0.3, 0.4) is 0 Å². The highest BCUT2D eigenvalue weighted by Gasteiger charge is 2.48. The number of aliphatic hydroxyl groups is 1. The summed E-state index contributed by atoms with van der Waals surface area (Å²) in [5.41, 5.74) is 0. The van der Waals surface area contributed by atoms with Crippen LogP contribution in [0.4, 0.5) is 0 Å². The minimum Gasteiger partial charge on any atom is -0.415 e. The van der Waals surface area contributed by atoms with E-state index in [-0.39, 0.29) is 12.2 Å². The van der Waals surface area contributed by atoms with Crippen LogP contribution in [0.2, 0.25) is 58.9 Å². The number of rotatable bonds is 7. The second-order valence-corrected chi connectivity index (χ2v) is 22.3. The van der Waals surface area contributed by atoms with Crippen LogP contribution in [0.5, 0.6) is 0 Å². The van der Waals surface area contributed by atoms with E-state index in [0.29, 0.717) is 6.61 Å². The monoisotopic (exact) mass is 366 g/mol. The molecule has 0 aromatic rings. The Morgan fingerprint density at radius 3 is 1.64 bits per heavy atom. The van der Waals surface area contributed by atoms with E-state index >= 15 is 0 Å². The topological polar surface area (TPSA) is 57.2 Å². The normalized spacial score (nSPS) is 30.8.